The normalized spacial score (nSPS) is 14.0. The molecule has 0 saturated heterocycles. The van der Waals surface area contributed by atoms with Gasteiger partial charge in [0.25, 0.3) is 5.91 Å². The molecule has 1 aliphatic rings. The topological polar surface area (TPSA) is 107 Å². The average Bonchev–Trinajstić information content (AvgIpc) is 3.45. The van der Waals surface area contributed by atoms with Crippen molar-refractivity contribution < 1.29 is 10.0 Å². The second kappa shape index (κ2) is 9.55. The van der Waals surface area contributed by atoms with Gasteiger partial charge in [-0.3, -0.25) is 14.2 Å². The number of hydrogen-bond acceptors (Lipinski definition) is 7. The van der Waals surface area contributed by atoms with Crippen LogP contribution in [-0.4, -0.2) is 63.3 Å². The van der Waals surface area contributed by atoms with Crippen LogP contribution in [0, 0.1) is 0 Å². The highest BCUT2D eigenvalue weighted by Gasteiger charge is 2.20. The van der Waals surface area contributed by atoms with Gasteiger partial charge in [0.15, 0.2) is 5.65 Å². The molecule has 2 aromatic heterocycles. The van der Waals surface area contributed by atoms with Crippen LogP contribution >= 0.6 is 0 Å². The molecule has 0 fully saturated rings. The lowest BCUT2D eigenvalue weighted by molar-refractivity contribution is 0.0951. The minimum Gasteiger partial charge on any atom is -0.411 e. The number of carbonyl (C=O) groups excluding carboxylic acids is 1. The number of nitrogens with zero attached hydrogens (tertiary/aromatic N) is 5. The molecule has 2 heterocycles. The van der Waals surface area contributed by atoms with Crippen LogP contribution in [0.25, 0.3) is 16.9 Å². The molecule has 2 aromatic carbocycles. The zero-order chi connectivity index (χ0) is 24.4. The molecule has 0 aliphatic heterocycles. The maximum absolute atomic E-state index is 12.5. The number of amides is 1. The van der Waals surface area contributed by atoms with Gasteiger partial charge in [-0.05, 0) is 56.8 Å². The molecule has 0 spiro atoms. The van der Waals surface area contributed by atoms with Gasteiger partial charge in [-0.25, -0.2) is 4.98 Å². The van der Waals surface area contributed by atoms with Gasteiger partial charge in [0.1, 0.15) is 11.5 Å². The Bertz CT molecular complexity index is 1410. The van der Waals surface area contributed by atoms with E-state index in [2.05, 4.69) is 26.8 Å². The Kier molecular flexibility index (Phi) is 6.15. The summed E-state index contributed by atoms with van der Waals surface area (Å²) in [5, 5.41) is 19.1. The smallest absolute Gasteiger partial charge is 0.251 e. The number of aromatic nitrogens is 3. The van der Waals surface area contributed by atoms with Gasteiger partial charge >= 0.3 is 0 Å². The van der Waals surface area contributed by atoms with Crippen LogP contribution in [0.5, 0.6) is 0 Å². The molecule has 1 aliphatic carbocycles. The quantitative estimate of drug-likeness (QED) is 0.282. The number of benzene rings is 2. The number of nitrogens with one attached hydrogen (secondary N) is 2. The lowest BCUT2D eigenvalue weighted by Gasteiger charge is -2.12. The predicted octanol–water partition coefficient (Wildman–Crippen LogP) is 3.56. The van der Waals surface area contributed by atoms with Crippen molar-refractivity contribution in [3.8, 4) is 11.3 Å². The molecule has 0 saturated carbocycles. The van der Waals surface area contributed by atoms with Crippen LogP contribution in [0.4, 0.5) is 11.5 Å². The lowest BCUT2D eigenvalue weighted by atomic mass is 10.1. The van der Waals surface area contributed by atoms with E-state index in [0.717, 1.165) is 59.0 Å². The largest absolute Gasteiger partial charge is 0.411 e. The van der Waals surface area contributed by atoms with E-state index in [1.54, 1.807) is 12.4 Å². The lowest BCUT2D eigenvalue weighted by Crippen LogP contribution is -2.31. The standard InChI is InChI=1S/C26H27N7O2/c1-32(2)13-12-28-26(34)18-5-3-17(4-6-18)24-25(33-14-11-27-16-23(33)30-24)29-20-8-9-21-19(15-20)7-10-22(21)31-35/h3-6,8-9,11,14-16,29,35H,7,10,12-13H2,1-2H3,(H,28,34). The van der Waals surface area contributed by atoms with E-state index in [1.165, 1.54) is 0 Å². The van der Waals surface area contributed by atoms with Crippen molar-refractivity contribution in [2.75, 3.05) is 32.5 Å². The molecule has 0 bridgehead atoms. The molecule has 0 atom stereocenters. The number of imidazole rings is 1. The molecule has 0 radical (unpaired) electrons. The van der Waals surface area contributed by atoms with Crippen molar-refractivity contribution >= 4 is 28.8 Å². The van der Waals surface area contributed by atoms with Crippen LogP contribution in [0.15, 0.2) is 66.2 Å². The highest BCUT2D eigenvalue weighted by atomic mass is 16.4. The summed E-state index contributed by atoms with van der Waals surface area (Å²) in [5.41, 5.74) is 6.73. The van der Waals surface area contributed by atoms with Crippen molar-refractivity contribution in [3.05, 3.63) is 77.7 Å². The molecule has 9 heteroatoms. The molecule has 5 rings (SSSR count). The fraction of sp³-hybridized carbons (Fsp3) is 0.231. The highest BCUT2D eigenvalue weighted by Crippen LogP contribution is 2.33. The van der Waals surface area contributed by atoms with E-state index in [1.807, 2.05) is 66.0 Å². The first-order valence-corrected chi connectivity index (χ1v) is 11.5. The Hall–Kier alpha value is -4.24. The van der Waals surface area contributed by atoms with Gasteiger partial charge in [0, 0.05) is 47.9 Å². The van der Waals surface area contributed by atoms with Gasteiger partial charge < -0.3 is 20.7 Å². The van der Waals surface area contributed by atoms with Crippen molar-refractivity contribution in [2.24, 2.45) is 5.16 Å². The van der Waals surface area contributed by atoms with Gasteiger partial charge in [-0.15, -0.1) is 0 Å². The molecule has 1 amide bonds. The Balaban J connectivity index is 1.44. The van der Waals surface area contributed by atoms with E-state index in [9.17, 15) is 10.0 Å². The van der Waals surface area contributed by atoms with E-state index >= 15 is 0 Å². The van der Waals surface area contributed by atoms with Crippen LogP contribution < -0.4 is 10.6 Å². The summed E-state index contributed by atoms with van der Waals surface area (Å²) >= 11 is 0. The maximum Gasteiger partial charge on any atom is 0.251 e. The molecule has 35 heavy (non-hydrogen) atoms. The first kappa shape index (κ1) is 22.5. The van der Waals surface area contributed by atoms with Crippen molar-refractivity contribution in [1.82, 2.24) is 24.6 Å². The van der Waals surface area contributed by atoms with Crippen molar-refractivity contribution in [2.45, 2.75) is 12.8 Å². The van der Waals surface area contributed by atoms with Crippen LogP contribution in [0.1, 0.15) is 27.9 Å². The summed E-state index contributed by atoms with van der Waals surface area (Å²) in [5.74, 6) is 0.708. The third kappa shape index (κ3) is 4.58. The summed E-state index contributed by atoms with van der Waals surface area (Å²) in [6, 6.07) is 13.5. The van der Waals surface area contributed by atoms with E-state index in [4.69, 9.17) is 4.98 Å². The first-order valence-electron chi connectivity index (χ1n) is 11.5. The molecule has 4 aromatic rings. The molecular weight excluding hydrogens is 442 g/mol. The number of rotatable bonds is 7. The van der Waals surface area contributed by atoms with Gasteiger partial charge in [0.2, 0.25) is 0 Å². The van der Waals surface area contributed by atoms with Crippen LogP contribution in [-0.2, 0) is 6.42 Å². The minimum atomic E-state index is -0.0973. The summed E-state index contributed by atoms with van der Waals surface area (Å²) in [7, 11) is 3.95. The number of fused-ring (bicyclic) bond motifs is 2. The third-order valence-corrected chi connectivity index (χ3v) is 6.13. The average molecular weight is 470 g/mol. The second-order valence-electron chi connectivity index (χ2n) is 8.79. The summed E-state index contributed by atoms with van der Waals surface area (Å²) < 4.78 is 1.96. The maximum atomic E-state index is 12.5. The molecular formula is C26H27N7O2. The second-order valence-corrected chi connectivity index (χ2v) is 8.79. The Morgan fingerprint density at radius 3 is 2.77 bits per heavy atom. The van der Waals surface area contributed by atoms with Crippen molar-refractivity contribution in [3.63, 3.8) is 0 Å². The Labute approximate surface area is 203 Å². The van der Waals surface area contributed by atoms with Gasteiger partial charge in [0.05, 0.1) is 11.9 Å². The van der Waals surface area contributed by atoms with E-state index in [0.29, 0.717) is 17.8 Å². The summed E-state index contributed by atoms with van der Waals surface area (Å²) in [6.45, 7) is 1.37. The SMILES string of the molecule is CN(C)CCNC(=O)c1ccc(-c2nc3cnccn3c2Nc2ccc3c(c2)CCC3=NO)cc1. The number of oxime groups is 1. The van der Waals surface area contributed by atoms with E-state index in [-0.39, 0.29) is 5.91 Å². The van der Waals surface area contributed by atoms with Crippen LogP contribution in [0.3, 0.4) is 0 Å². The monoisotopic (exact) mass is 469 g/mol. The van der Waals surface area contributed by atoms with E-state index < -0.39 is 0 Å². The Morgan fingerprint density at radius 1 is 1.17 bits per heavy atom. The third-order valence-electron chi connectivity index (χ3n) is 6.13. The van der Waals surface area contributed by atoms with Crippen LogP contribution in [0.2, 0.25) is 0 Å². The summed E-state index contributed by atoms with van der Waals surface area (Å²) in [4.78, 5) is 23.5. The predicted molar refractivity (Wildman–Crippen MR) is 136 cm³/mol. The number of hydrogen-bond donors (Lipinski definition) is 3. The number of likely N-dealkylation sites (N-methyl/N-ethyl adjacent to an activating group) is 1. The first-order chi connectivity index (χ1) is 17.0. The Morgan fingerprint density at radius 2 is 2.00 bits per heavy atom. The number of carbonyl (C=O) groups is 1. The van der Waals surface area contributed by atoms with Gasteiger partial charge in [-0.1, -0.05) is 23.4 Å². The summed E-state index contributed by atoms with van der Waals surface area (Å²) in [6.07, 6.45) is 6.87. The molecule has 9 nitrogen and oxygen atoms in total. The fourth-order valence-electron chi connectivity index (χ4n) is 4.29. The molecule has 178 valence electrons. The molecule has 3 N–H and O–H groups in total. The molecule has 0 unspecified atom stereocenters. The fourth-order valence-corrected chi connectivity index (χ4v) is 4.29. The van der Waals surface area contributed by atoms with Gasteiger partial charge in [-0.2, -0.15) is 0 Å². The minimum absolute atomic E-state index is 0.0973. The number of anilines is 2. The highest BCUT2D eigenvalue weighted by molar-refractivity contribution is 6.04. The number of aryl methyl sites for hydroxylation is 1. The zero-order valence-electron chi connectivity index (χ0n) is 19.7. The van der Waals surface area contributed by atoms with Crippen molar-refractivity contribution in [1.29, 1.82) is 0 Å². The zero-order valence-corrected chi connectivity index (χ0v) is 19.7.